The van der Waals surface area contributed by atoms with Crippen LogP contribution in [0.1, 0.15) is 27.3 Å². The number of rotatable bonds is 5. The van der Waals surface area contributed by atoms with Crippen LogP contribution in [0.25, 0.3) is 11.0 Å². The van der Waals surface area contributed by atoms with Gasteiger partial charge in [0.1, 0.15) is 17.1 Å². The number of fused-ring (bicyclic) bond motifs is 1. The molecule has 2 aromatic heterocycles. The number of nitrogens with zero attached hydrogens (tertiary/aromatic N) is 2. The molecule has 4 aromatic rings. The lowest BCUT2D eigenvalue weighted by Gasteiger charge is -2.09. The summed E-state index contributed by atoms with van der Waals surface area (Å²) >= 11 is 0. The predicted molar refractivity (Wildman–Crippen MR) is 114 cm³/mol. The molecule has 0 spiro atoms. The van der Waals surface area contributed by atoms with Crippen LogP contribution in [0, 0.1) is 19.7 Å². The molecular formula is C23H20FN3O4. The van der Waals surface area contributed by atoms with E-state index in [-0.39, 0.29) is 17.0 Å². The average molecular weight is 421 g/mol. The van der Waals surface area contributed by atoms with E-state index in [0.717, 1.165) is 17.3 Å². The number of hydrogen-bond acceptors (Lipinski definition) is 5. The zero-order valence-corrected chi connectivity index (χ0v) is 17.2. The number of ether oxygens (including phenoxy) is 1. The van der Waals surface area contributed by atoms with Gasteiger partial charge in [0.25, 0.3) is 5.91 Å². The first-order valence-electron chi connectivity index (χ1n) is 9.57. The first-order chi connectivity index (χ1) is 14.9. The second kappa shape index (κ2) is 8.06. The fourth-order valence-electron chi connectivity index (χ4n) is 3.43. The van der Waals surface area contributed by atoms with Crippen molar-refractivity contribution < 1.29 is 18.3 Å². The van der Waals surface area contributed by atoms with E-state index in [2.05, 4.69) is 10.4 Å². The van der Waals surface area contributed by atoms with Gasteiger partial charge in [-0.3, -0.25) is 9.48 Å². The molecule has 7 nitrogen and oxygen atoms in total. The number of aryl methyl sites for hydroxylation is 1. The maximum atomic E-state index is 13.2. The van der Waals surface area contributed by atoms with Gasteiger partial charge in [-0.2, -0.15) is 5.10 Å². The highest BCUT2D eigenvalue weighted by Gasteiger charge is 2.19. The SMILES string of the molecule is COc1ccc2c(C(=O)Nc3c(C)nn(Cc4ccc(F)cc4)c3C)cc(=O)oc2c1. The summed E-state index contributed by atoms with van der Waals surface area (Å²) in [6.45, 7) is 4.05. The van der Waals surface area contributed by atoms with Crippen LogP contribution in [-0.2, 0) is 6.54 Å². The van der Waals surface area contributed by atoms with E-state index in [1.165, 1.54) is 19.2 Å². The van der Waals surface area contributed by atoms with Crippen molar-refractivity contribution in [2.75, 3.05) is 12.4 Å². The zero-order valence-electron chi connectivity index (χ0n) is 17.2. The molecule has 4 rings (SSSR count). The van der Waals surface area contributed by atoms with Gasteiger partial charge in [-0.1, -0.05) is 12.1 Å². The molecule has 0 aliphatic rings. The van der Waals surface area contributed by atoms with Crippen molar-refractivity contribution in [1.29, 1.82) is 0 Å². The summed E-state index contributed by atoms with van der Waals surface area (Å²) in [5, 5.41) is 7.85. The molecule has 2 aromatic carbocycles. The number of aromatic nitrogens is 2. The van der Waals surface area contributed by atoms with Crippen molar-refractivity contribution in [3.63, 3.8) is 0 Å². The lowest BCUT2D eigenvalue weighted by Crippen LogP contribution is -2.16. The number of amides is 1. The monoisotopic (exact) mass is 421 g/mol. The molecule has 0 atom stereocenters. The van der Waals surface area contributed by atoms with E-state index >= 15 is 0 Å². The topological polar surface area (TPSA) is 86.4 Å². The van der Waals surface area contributed by atoms with Crippen LogP contribution in [0.5, 0.6) is 5.75 Å². The number of carbonyl (C=O) groups is 1. The van der Waals surface area contributed by atoms with Gasteiger partial charge in [0.2, 0.25) is 0 Å². The van der Waals surface area contributed by atoms with Gasteiger partial charge >= 0.3 is 5.63 Å². The van der Waals surface area contributed by atoms with E-state index in [0.29, 0.717) is 29.1 Å². The Bertz CT molecular complexity index is 1340. The summed E-state index contributed by atoms with van der Waals surface area (Å²) in [6.07, 6.45) is 0. The third kappa shape index (κ3) is 4.05. The molecule has 0 unspecified atom stereocenters. The van der Waals surface area contributed by atoms with Gasteiger partial charge < -0.3 is 14.5 Å². The fourth-order valence-corrected chi connectivity index (χ4v) is 3.43. The van der Waals surface area contributed by atoms with Crippen molar-refractivity contribution in [2.24, 2.45) is 0 Å². The molecule has 0 saturated heterocycles. The molecular weight excluding hydrogens is 401 g/mol. The highest BCUT2D eigenvalue weighted by Crippen LogP contribution is 2.25. The second-order valence-electron chi connectivity index (χ2n) is 7.13. The summed E-state index contributed by atoms with van der Waals surface area (Å²) in [5.41, 5.74) is 2.63. The van der Waals surface area contributed by atoms with Crippen LogP contribution < -0.4 is 15.7 Å². The number of benzene rings is 2. The Hall–Kier alpha value is -3.94. The normalized spacial score (nSPS) is 11.0. The van der Waals surface area contributed by atoms with Crippen molar-refractivity contribution in [1.82, 2.24) is 9.78 Å². The van der Waals surface area contributed by atoms with Gasteiger partial charge in [0.15, 0.2) is 0 Å². The summed E-state index contributed by atoms with van der Waals surface area (Å²) in [4.78, 5) is 25.0. The van der Waals surface area contributed by atoms with Crippen LogP contribution in [0.4, 0.5) is 10.1 Å². The van der Waals surface area contributed by atoms with Gasteiger partial charge in [0.05, 0.1) is 36.3 Å². The Kier molecular flexibility index (Phi) is 5.29. The summed E-state index contributed by atoms with van der Waals surface area (Å²) in [5.74, 6) is -0.236. The molecule has 8 heteroatoms. The first-order valence-corrected chi connectivity index (χ1v) is 9.57. The van der Waals surface area contributed by atoms with E-state index in [9.17, 15) is 14.0 Å². The summed E-state index contributed by atoms with van der Waals surface area (Å²) in [6, 6.07) is 12.2. The maximum Gasteiger partial charge on any atom is 0.337 e. The standard InChI is InChI=1S/C23H20FN3O4/c1-13-22(14(2)27(26-13)12-15-4-6-16(24)7-5-15)25-23(29)19-11-21(28)31-20-10-17(30-3)8-9-18(19)20/h4-11H,12H2,1-3H3,(H,25,29). The third-order valence-electron chi connectivity index (χ3n) is 5.06. The molecule has 1 amide bonds. The van der Waals surface area contributed by atoms with Crippen molar-refractivity contribution in [3.05, 3.63) is 87.3 Å². The smallest absolute Gasteiger partial charge is 0.337 e. The molecule has 0 fully saturated rings. The Morgan fingerprint density at radius 1 is 1.16 bits per heavy atom. The van der Waals surface area contributed by atoms with Crippen molar-refractivity contribution in [3.8, 4) is 5.75 Å². The number of methoxy groups -OCH3 is 1. The van der Waals surface area contributed by atoms with Gasteiger partial charge in [-0.05, 0) is 43.7 Å². The minimum Gasteiger partial charge on any atom is -0.497 e. The Balaban J connectivity index is 1.65. The predicted octanol–water partition coefficient (Wildman–Crippen LogP) is 4.05. The van der Waals surface area contributed by atoms with Crippen LogP contribution in [0.2, 0.25) is 0 Å². The van der Waals surface area contributed by atoms with Crippen LogP contribution in [0.15, 0.2) is 57.7 Å². The molecule has 1 N–H and O–H groups in total. The summed E-state index contributed by atoms with van der Waals surface area (Å²) in [7, 11) is 1.50. The lowest BCUT2D eigenvalue weighted by molar-refractivity contribution is 0.102. The maximum absolute atomic E-state index is 13.2. The van der Waals surface area contributed by atoms with E-state index in [1.54, 1.807) is 41.9 Å². The molecule has 0 aliphatic carbocycles. The zero-order chi connectivity index (χ0) is 22.1. The summed E-state index contributed by atoms with van der Waals surface area (Å²) < 4.78 is 25.3. The molecule has 0 saturated carbocycles. The number of anilines is 1. The largest absolute Gasteiger partial charge is 0.497 e. The molecule has 2 heterocycles. The minimum absolute atomic E-state index is 0.194. The average Bonchev–Trinajstić information content (AvgIpc) is 3.01. The number of hydrogen-bond donors (Lipinski definition) is 1. The van der Waals surface area contributed by atoms with Crippen LogP contribution >= 0.6 is 0 Å². The van der Waals surface area contributed by atoms with Gasteiger partial charge in [-0.25, -0.2) is 9.18 Å². The van der Waals surface area contributed by atoms with Gasteiger partial charge in [0, 0.05) is 17.5 Å². The molecule has 31 heavy (non-hydrogen) atoms. The highest BCUT2D eigenvalue weighted by atomic mass is 19.1. The van der Waals surface area contributed by atoms with Crippen LogP contribution in [0.3, 0.4) is 0 Å². The second-order valence-corrected chi connectivity index (χ2v) is 7.13. The number of nitrogens with one attached hydrogen (secondary N) is 1. The fraction of sp³-hybridized carbons (Fsp3) is 0.174. The van der Waals surface area contributed by atoms with Crippen molar-refractivity contribution >= 4 is 22.6 Å². The Labute approximate surface area is 177 Å². The Morgan fingerprint density at radius 3 is 2.61 bits per heavy atom. The van der Waals surface area contributed by atoms with Gasteiger partial charge in [-0.15, -0.1) is 0 Å². The number of carbonyl (C=O) groups excluding carboxylic acids is 1. The highest BCUT2D eigenvalue weighted by molar-refractivity contribution is 6.12. The molecule has 0 radical (unpaired) electrons. The van der Waals surface area contributed by atoms with E-state index in [1.807, 2.05) is 6.92 Å². The quantitative estimate of drug-likeness (QED) is 0.491. The third-order valence-corrected chi connectivity index (χ3v) is 5.06. The van der Waals surface area contributed by atoms with E-state index in [4.69, 9.17) is 9.15 Å². The first kappa shape index (κ1) is 20.3. The number of halogens is 1. The lowest BCUT2D eigenvalue weighted by atomic mass is 10.1. The minimum atomic E-state index is -0.633. The van der Waals surface area contributed by atoms with Crippen LogP contribution in [-0.4, -0.2) is 22.8 Å². The molecule has 0 aliphatic heterocycles. The van der Waals surface area contributed by atoms with E-state index < -0.39 is 11.5 Å². The molecule has 0 bridgehead atoms. The Morgan fingerprint density at radius 2 is 1.90 bits per heavy atom. The molecule has 158 valence electrons. The van der Waals surface area contributed by atoms with Crippen molar-refractivity contribution in [2.45, 2.75) is 20.4 Å².